The third-order valence-electron chi connectivity index (χ3n) is 5.27. The predicted molar refractivity (Wildman–Crippen MR) is 96.0 cm³/mol. The Labute approximate surface area is 164 Å². The molecule has 0 bridgehead atoms. The number of hydrogen-bond acceptors (Lipinski definition) is 11. The molecule has 12 heteroatoms. The van der Waals surface area contributed by atoms with Gasteiger partial charge >= 0.3 is 0 Å². The maximum Gasteiger partial charge on any atom is 0.272 e. The van der Waals surface area contributed by atoms with E-state index in [4.69, 9.17) is 29.1 Å². The van der Waals surface area contributed by atoms with Crippen molar-refractivity contribution in [2.45, 2.75) is 44.4 Å². The summed E-state index contributed by atoms with van der Waals surface area (Å²) in [6, 6.07) is 0. The number of nitrogens with two attached hydrogens (primary N) is 1. The number of nitrogen functional groups attached to an aromatic ring is 1. The maximum absolute atomic E-state index is 9.83. The SMILES string of the molecule is CCOC1O[C@@H]2[C@@H](CO)O[C@@H](n3cc(-c4nnco4)c4c(N)ncnc43)[C@]2(C)O1. The Hall–Kier alpha value is -2.64. The predicted octanol–water partition coefficient (Wildman–Crippen LogP) is 0.447. The fourth-order valence-electron chi connectivity index (χ4n) is 4.01. The molecule has 0 saturated carbocycles. The lowest BCUT2D eigenvalue weighted by atomic mass is 9.96. The highest BCUT2D eigenvalue weighted by atomic mass is 16.9. The van der Waals surface area contributed by atoms with Crippen LogP contribution >= 0.6 is 0 Å². The first kappa shape index (κ1) is 18.4. The van der Waals surface area contributed by atoms with Crippen LogP contribution in [0.15, 0.2) is 23.3 Å². The average Bonchev–Trinajstić information content (AvgIpc) is 3.44. The van der Waals surface area contributed by atoms with Crippen LogP contribution in [0.25, 0.3) is 22.5 Å². The standard InChI is InChI=1S/C17H20N6O6/c1-3-25-16-28-11-9(5-24)27-15(17(11,2)29-16)23-4-8(14-22-21-7-26-14)10-12(18)19-6-20-13(10)23/h4,6-7,9,11,15-16,24H,3,5H2,1-2H3,(H2,18,19,20)/t9-,11-,15-,16?,17-/m1/s1. The first-order valence-electron chi connectivity index (χ1n) is 9.15. The number of fused-ring (bicyclic) bond motifs is 2. The van der Waals surface area contributed by atoms with Crippen LogP contribution in [0.4, 0.5) is 5.82 Å². The lowest BCUT2D eigenvalue weighted by Crippen LogP contribution is -2.42. The van der Waals surface area contributed by atoms with E-state index in [1.807, 2.05) is 13.8 Å². The summed E-state index contributed by atoms with van der Waals surface area (Å²) >= 11 is 0. The minimum Gasteiger partial charge on any atom is -0.423 e. The molecule has 0 radical (unpaired) electrons. The lowest BCUT2D eigenvalue weighted by molar-refractivity contribution is -0.277. The van der Waals surface area contributed by atoms with Gasteiger partial charge in [-0.25, -0.2) is 9.97 Å². The Bertz CT molecular complexity index is 1030. The molecule has 5 atom stereocenters. The molecule has 3 aromatic heterocycles. The zero-order valence-electron chi connectivity index (χ0n) is 15.8. The van der Waals surface area contributed by atoms with Gasteiger partial charge in [0.15, 0.2) is 6.23 Å². The summed E-state index contributed by atoms with van der Waals surface area (Å²) in [5.74, 6) is 0.528. The van der Waals surface area contributed by atoms with Gasteiger partial charge in [0.25, 0.3) is 6.48 Å². The smallest absolute Gasteiger partial charge is 0.272 e. The second kappa shape index (κ2) is 6.71. The molecule has 154 valence electrons. The molecule has 0 spiro atoms. The summed E-state index contributed by atoms with van der Waals surface area (Å²) in [4.78, 5) is 8.46. The number of ether oxygens (including phenoxy) is 4. The van der Waals surface area contributed by atoms with Gasteiger partial charge in [0, 0.05) is 12.8 Å². The molecular weight excluding hydrogens is 384 g/mol. The minimum atomic E-state index is -0.953. The first-order valence-corrected chi connectivity index (χ1v) is 9.15. The summed E-state index contributed by atoms with van der Waals surface area (Å²) in [7, 11) is 0. The van der Waals surface area contributed by atoms with Crippen LogP contribution < -0.4 is 5.73 Å². The number of hydrogen-bond donors (Lipinski definition) is 2. The summed E-state index contributed by atoms with van der Waals surface area (Å²) in [5.41, 5.74) is 6.23. The van der Waals surface area contributed by atoms with Crippen molar-refractivity contribution >= 4 is 16.9 Å². The summed E-state index contributed by atoms with van der Waals surface area (Å²) in [6.45, 7) is 3.01. The summed E-state index contributed by atoms with van der Waals surface area (Å²) < 4.78 is 30.6. The molecule has 12 nitrogen and oxygen atoms in total. The number of aliphatic hydroxyl groups is 1. The molecule has 29 heavy (non-hydrogen) atoms. The third-order valence-corrected chi connectivity index (χ3v) is 5.27. The van der Waals surface area contributed by atoms with Crippen molar-refractivity contribution < 1.29 is 28.5 Å². The van der Waals surface area contributed by atoms with Crippen LogP contribution in [0, 0.1) is 0 Å². The van der Waals surface area contributed by atoms with E-state index < -0.39 is 30.5 Å². The molecule has 1 unspecified atom stereocenters. The third kappa shape index (κ3) is 2.64. The van der Waals surface area contributed by atoms with E-state index in [2.05, 4.69) is 20.2 Å². The van der Waals surface area contributed by atoms with Crippen molar-refractivity contribution in [3.63, 3.8) is 0 Å². The van der Waals surface area contributed by atoms with Crippen molar-refractivity contribution in [1.29, 1.82) is 0 Å². The number of anilines is 1. The van der Waals surface area contributed by atoms with Crippen LogP contribution in [0.1, 0.15) is 20.1 Å². The Balaban J connectivity index is 1.65. The molecule has 2 aliphatic heterocycles. The van der Waals surface area contributed by atoms with Gasteiger partial charge in [-0.05, 0) is 13.8 Å². The largest absolute Gasteiger partial charge is 0.423 e. The molecule has 2 aliphatic rings. The van der Waals surface area contributed by atoms with Crippen molar-refractivity contribution in [3.8, 4) is 11.5 Å². The molecule has 2 fully saturated rings. The normalized spacial score (nSPS) is 31.6. The second-order valence-electron chi connectivity index (χ2n) is 6.96. The van der Waals surface area contributed by atoms with Gasteiger partial charge < -0.3 is 38.8 Å². The average molecular weight is 404 g/mol. The minimum absolute atomic E-state index is 0.244. The van der Waals surface area contributed by atoms with Gasteiger partial charge in [-0.3, -0.25) is 0 Å². The highest BCUT2D eigenvalue weighted by Crippen LogP contribution is 2.49. The van der Waals surface area contributed by atoms with Gasteiger partial charge in [-0.2, -0.15) is 0 Å². The van der Waals surface area contributed by atoms with Gasteiger partial charge in [0.05, 0.1) is 17.6 Å². The molecule has 0 aliphatic carbocycles. The van der Waals surface area contributed by atoms with Gasteiger partial charge in [0.2, 0.25) is 12.3 Å². The zero-order chi connectivity index (χ0) is 20.2. The van der Waals surface area contributed by atoms with E-state index in [-0.39, 0.29) is 18.3 Å². The number of aliphatic hydroxyl groups excluding tert-OH is 1. The highest BCUT2D eigenvalue weighted by molar-refractivity contribution is 5.98. The van der Waals surface area contributed by atoms with Crippen LogP contribution in [-0.2, 0) is 18.9 Å². The van der Waals surface area contributed by atoms with E-state index in [0.717, 1.165) is 0 Å². The van der Waals surface area contributed by atoms with E-state index >= 15 is 0 Å². The van der Waals surface area contributed by atoms with Crippen molar-refractivity contribution in [1.82, 2.24) is 24.7 Å². The molecule has 5 heterocycles. The molecule has 0 aromatic carbocycles. The Morgan fingerprint density at radius 1 is 1.34 bits per heavy atom. The van der Waals surface area contributed by atoms with E-state index in [1.54, 1.807) is 10.8 Å². The summed E-state index contributed by atoms with van der Waals surface area (Å²) in [6.07, 6.45) is 2.48. The summed E-state index contributed by atoms with van der Waals surface area (Å²) in [5, 5.41) is 18.1. The zero-order valence-corrected chi connectivity index (χ0v) is 15.8. The maximum atomic E-state index is 9.83. The van der Waals surface area contributed by atoms with Gasteiger partial charge in [-0.1, -0.05) is 0 Å². The van der Waals surface area contributed by atoms with E-state index in [1.165, 1.54) is 12.7 Å². The fourth-order valence-corrected chi connectivity index (χ4v) is 4.01. The quantitative estimate of drug-likeness (QED) is 0.609. The van der Waals surface area contributed by atoms with E-state index in [0.29, 0.717) is 23.2 Å². The van der Waals surface area contributed by atoms with Crippen molar-refractivity contribution in [3.05, 3.63) is 18.9 Å². The molecule has 3 aromatic rings. The topological polar surface area (TPSA) is 153 Å². The lowest BCUT2D eigenvalue weighted by Gasteiger charge is -2.28. The molecule has 2 saturated heterocycles. The van der Waals surface area contributed by atoms with Crippen molar-refractivity contribution in [2.24, 2.45) is 0 Å². The van der Waals surface area contributed by atoms with Crippen LogP contribution in [0.3, 0.4) is 0 Å². The molecule has 3 N–H and O–H groups in total. The Kier molecular flexibility index (Phi) is 4.26. The van der Waals surface area contributed by atoms with Crippen LogP contribution in [0.5, 0.6) is 0 Å². The molecular formula is C17H20N6O6. The second-order valence-corrected chi connectivity index (χ2v) is 6.96. The monoisotopic (exact) mass is 404 g/mol. The molecule has 5 rings (SSSR count). The number of rotatable bonds is 5. The number of nitrogens with zero attached hydrogens (tertiary/aromatic N) is 5. The molecule has 0 amide bonds. The van der Waals surface area contributed by atoms with Crippen LogP contribution in [0.2, 0.25) is 0 Å². The van der Waals surface area contributed by atoms with Crippen molar-refractivity contribution in [2.75, 3.05) is 18.9 Å². The van der Waals surface area contributed by atoms with Gasteiger partial charge in [-0.15, -0.1) is 10.2 Å². The Morgan fingerprint density at radius 2 is 2.21 bits per heavy atom. The van der Waals surface area contributed by atoms with Crippen LogP contribution in [-0.4, -0.2) is 67.3 Å². The number of aromatic nitrogens is 5. The Morgan fingerprint density at radius 3 is 2.93 bits per heavy atom. The van der Waals surface area contributed by atoms with Gasteiger partial charge in [0.1, 0.15) is 35.6 Å². The van der Waals surface area contributed by atoms with E-state index in [9.17, 15) is 5.11 Å². The highest BCUT2D eigenvalue weighted by Gasteiger charge is 2.62. The fraction of sp³-hybridized carbons (Fsp3) is 0.529. The first-order chi connectivity index (χ1) is 14.1.